The van der Waals surface area contributed by atoms with Gasteiger partial charge in [0.25, 0.3) is 5.91 Å². The SMILES string of the molecule is O=C(Nc1ccc(C(F)(F)F)cc1Cl)c1ccc(N2CCCCC2=O)cc1. The van der Waals surface area contributed by atoms with Crippen molar-refractivity contribution < 1.29 is 22.8 Å². The molecule has 1 saturated heterocycles. The van der Waals surface area contributed by atoms with Crippen molar-refractivity contribution in [3.05, 3.63) is 58.6 Å². The van der Waals surface area contributed by atoms with Crippen LogP contribution < -0.4 is 10.2 Å². The van der Waals surface area contributed by atoms with Crippen LogP contribution in [-0.2, 0) is 11.0 Å². The van der Waals surface area contributed by atoms with E-state index in [1.807, 2.05) is 0 Å². The summed E-state index contributed by atoms with van der Waals surface area (Å²) in [5, 5.41) is 2.29. The first-order valence-corrected chi connectivity index (χ1v) is 8.72. The minimum absolute atomic E-state index is 0.0509. The van der Waals surface area contributed by atoms with Gasteiger partial charge in [0.05, 0.1) is 16.3 Å². The molecule has 0 aliphatic carbocycles. The van der Waals surface area contributed by atoms with Crippen LogP contribution in [0.2, 0.25) is 5.02 Å². The van der Waals surface area contributed by atoms with Crippen molar-refractivity contribution in [3.63, 3.8) is 0 Å². The highest BCUT2D eigenvalue weighted by Gasteiger charge is 2.31. The summed E-state index contributed by atoms with van der Waals surface area (Å²) in [5.74, 6) is -0.455. The van der Waals surface area contributed by atoms with E-state index >= 15 is 0 Å². The third kappa shape index (κ3) is 4.42. The maximum atomic E-state index is 12.7. The summed E-state index contributed by atoms with van der Waals surface area (Å²) in [7, 11) is 0. The number of benzene rings is 2. The Hall–Kier alpha value is -2.54. The van der Waals surface area contributed by atoms with Crippen molar-refractivity contribution in [2.45, 2.75) is 25.4 Å². The molecule has 0 radical (unpaired) electrons. The first-order valence-electron chi connectivity index (χ1n) is 8.34. The second kappa shape index (κ2) is 7.60. The fourth-order valence-electron chi connectivity index (χ4n) is 2.86. The molecule has 1 N–H and O–H groups in total. The number of halogens is 4. The highest BCUT2D eigenvalue weighted by atomic mass is 35.5. The lowest BCUT2D eigenvalue weighted by atomic mass is 10.1. The van der Waals surface area contributed by atoms with E-state index in [0.717, 1.165) is 31.0 Å². The van der Waals surface area contributed by atoms with Crippen molar-refractivity contribution in [3.8, 4) is 0 Å². The molecule has 2 aromatic carbocycles. The summed E-state index contributed by atoms with van der Waals surface area (Å²) in [5.41, 5.74) is 0.217. The van der Waals surface area contributed by atoms with E-state index in [0.29, 0.717) is 24.2 Å². The quantitative estimate of drug-likeness (QED) is 0.782. The van der Waals surface area contributed by atoms with Crippen LogP contribution in [-0.4, -0.2) is 18.4 Å². The van der Waals surface area contributed by atoms with E-state index in [9.17, 15) is 22.8 Å². The first kappa shape index (κ1) is 19.2. The molecule has 27 heavy (non-hydrogen) atoms. The van der Waals surface area contributed by atoms with Gasteiger partial charge in [-0.25, -0.2) is 0 Å². The van der Waals surface area contributed by atoms with Gasteiger partial charge in [-0.1, -0.05) is 11.6 Å². The molecule has 142 valence electrons. The van der Waals surface area contributed by atoms with Crippen LogP contribution in [0.3, 0.4) is 0 Å². The Labute approximate surface area is 158 Å². The number of alkyl halides is 3. The zero-order valence-electron chi connectivity index (χ0n) is 14.1. The van der Waals surface area contributed by atoms with Crippen LogP contribution in [0.25, 0.3) is 0 Å². The van der Waals surface area contributed by atoms with Gasteiger partial charge in [-0.05, 0) is 55.3 Å². The Morgan fingerprint density at radius 1 is 1.07 bits per heavy atom. The number of carbonyl (C=O) groups excluding carboxylic acids is 2. The van der Waals surface area contributed by atoms with E-state index in [1.54, 1.807) is 29.2 Å². The Kier molecular flexibility index (Phi) is 5.41. The van der Waals surface area contributed by atoms with Crippen molar-refractivity contribution >= 4 is 34.8 Å². The van der Waals surface area contributed by atoms with Crippen LogP contribution in [0, 0.1) is 0 Å². The molecule has 0 saturated carbocycles. The van der Waals surface area contributed by atoms with Crippen LogP contribution in [0.5, 0.6) is 0 Å². The summed E-state index contributed by atoms with van der Waals surface area (Å²) in [6, 6.07) is 9.20. The molecule has 2 amide bonds. The van der Waals surface area contributed by atoms with Crippen molar-refractivity contribution in [1.82, 2.24) is 0 Å². The minimum atomic E-state index is -4.51. The van der Waals surface area contributed by atoms with E-state index in [1.165, 1.54) is 0 Å². The van der Waals surface area contributed by atoms with Gasteiger partial charge in [0.15, 0.2) is 0 Å². The summed E-state index contributed by atoms with van der Waals surface area (Å²) >= 11 is 5.85. The number of amides is 2. The summed E-state index contributed by atoms with van der Waals surface area (Å²) < 4.78 is 38.0. The number of nitrogens with one attached hydrogen (secondary N) is 1. The largest absolute Gasteiger partial charge is 0.416 e. The summed E-state index contributed by atoms with van der Waals surface area (Å²) in [6.07, 6.45) is -2.19. The molecule has 1 aliphatic heterocycles. The average molecular weight is 397 g/mol. The van der Waals surface area contributed by atoms with Gasteiger partial charge in [-0.2, -0.15) is 13.2 Å². The predicted octanol–water partition coefficient (Wildman–Crippen LogP) is 5.13. The molecule has 0 unspecified atom stereocenters. The van der Waals surface area contributed by atoms with Gasteiger partial charge in [0.2, 0.25) is 5.91 Å². The van der Waals surface area contributed by atoms with Gasteiger partial charge < -0.3 is 10.2 Å². The second-order valence-electron chi connectivity index (χ2n) is 6.20. The smallest absolute Gasteiger partial charge is 0.321 e. The molecule has 1 heterocycles. The molecule has 1 aliphatic rings. The molecule has 2 aromatic rings. The molecule has 4 nitrogen and oxygen atoms in total. The molecular weight excluding hydrogens is 381 g/mol. The topological polar surface area (TPSA) is 49.4 Å². The Balaban J connectivity index is 1.72. The lowest BCUT2D eigenvalue weighted by molar-refractivity contribution is -0.137. The number of carbonyl (C=O) groups is 2. The fourth-order valence-corrected chi connectivity index (χ4v) is 3.09. The lowest BCUT2D eigenvalue weighted by Crippen LogP contribution is -2.35. The molecule has 8 heteroatoms. The first-order chi connectivity index (χ1) is 12.8. The van der Waals surface area contributed by atoms with E-state index in [4.69, 9.17) is 11.6 Å². The maximum absolute atomic E-state index is 12.7. The van der Waals surface area contributed by atoms with E-state index in [-0.39, 0.29) is 16.6 Å². The van der Waals surface area contributed by atoms with Gasteiger partial charge in [-0.3, -0.25) is 9.59 Å². The molecule has 0 aromatic heterocycles. The number of anilines is 2. The Morgan fingerprint density at radius 3 is 2.37 bits per heavy atom. The highest BCUT2D eigenvalue weighted by Crippen LogP contribution is 2.34. The third-order valence-corrected chi connectivity index (χ3v) is 4.62. The minimum Gasteiger partial charge on any atom is -0.321 e. The Morgan fingerprint density at radius 2 is 1.78 bits per heavy atom. The molecular formula is C19H16ClF3N2O2. The van der Waals surface area contributed by atoms with Crippen LogP contribution in [0.4, 0.5) is 24.5 Å². The van der Waals surface area contributed by atoms with Gasteiger partial charge in [-0.15, -0.1) is 0 Å². The molecule has 0 spiro atoms. The zero-order valence-corrected chi connectivity index (χ0v) is 14.9. The molecule has 0 atom stereocenters. The van der Waals surface area contributed by atoms with E-state index < -0.39 is 17.6 Å². The van der Waals surface area contributed by atoms with Crippen molar-refractivity contribution in [2.24, 2.45) is 0 Å². The highest BCUT2D eigenvalue weighted by molar-refractivity contribution is 6.34. The number of rotatable bonds is 3. The monoisotopic (exact) mass is 396 g/mol. The molecule has 0 bridgehead atoms. The van der Waals surface area contributed by atoms with E-state index in [2.05, 4.69) is 5.32 Å². The fraction of sp³-hybridized carbons (Fsp3) is 0.263. The lowest BCUT2D eigenvalue weighted by Gasteiger charge is -2.26. The summed E-state index contributed by atoms with van der Waals surface area (Å²) in [6.45, 7) is 0.644. The predicted molar refractivity (Wildman–Crippen MR) is 97.1 cm³/mol. The third-order valence-electron chi connectivity index (χ3n) is 4.31. The van der Waals surface area contributed by atoms with Crippen LogP contribution in [0.15, 0.2) is 42.5 Å². The van der Waals surface area contributed by atoms with Gasteiger partial charge >= 0.3 is 6.18 Å². The number of hydrogen-bond acceptors (Lipinski definition) is 2. The number of piperidine rings is 1. The average Bonchev–Trinajstić information content (AvgIpc) is 2.63. The number of hydrogen-bond donors (Lipinski definition) is 1. The second-order valence-corrected chi connectivity index (χ2v) is 6.60. The zero-order chi connectivity index (χ0) is 19.6. The van der Waals surface area contributed by atoms with Gasteiger partial charge in [0, 0.05) is 24.2 Å². The van der Waals surface area contributed by atoms with Crippen LogP contribution in [0.1, 0.15) is 35.2 Å². The van der Waals surface area contributed by atoms with Crippen molar-refractivity contribution in [2.75, 3.05) is 16.8 Å². The van der Waals surface area contributed by atoms with Gasteiger partial charge in [0.1, 0.15) is 0 Å². The standard InChI is InChI=1S/C19H16ClF3N2O2/c20-15-11-13(19(21,22)23)6-9-16(15)24-18(27)12-4-7-14(8-5-12)25-10-2-1-3-17(25)26/h4-9,11H,1-3,10H2,(H,24,27). The Bertz CT molecular complexity index is 866. The molecule has 1 fully saturated rings. The normalized spacial score (nSPS) is 15.0. The maximum Gasteiger partial charge on any atom is 0.416 e. The summed E-state index contributed by atoms with van der Waals surface area (Å²) in [4.78, 5) is 25.9. The number of nitrogens with zero attached hydrogens (tertiary/aromatic N) is 1. The van der Waals surface area contributed by atoms with Crippen molar-refractivity contribution in [1.29, 1.82) is 0 Å². The van der Waals surface area contributed by atoms with Crippen LogP contribution >= 0.6 is 11.6 Å². The molecule has 3 rings (SSSR count).